The first kappa shape index (κ1) is 13.8. The number of benzene rings is 2. The first-order chi connectivity index (χ1) is 10.7. The lowest BCUT2D eigenvalue weighted by Crippen LogP contribution is -2.26. The highest BCUT2D eigenvalue weighted by Gasteiger charge is 2.13. The van der Waals surface area contributed by atoms with Gasteiger partial charge in [-0.2, -0.15) is 0 Å². The zero-order valence-corrected chi connectivity index (χ0v) is 11.4. The number of fused-ring (bicyclic) bond motifs is 1. The number of nitrogens with one attached hydrogen (secondary N) is 1. The smallest absolute Gasteiger partial charge is 0.256 e. The van der Waals surface area contributed by atoms with Gasteiger partial charge in [-0.05, 0) is 18.2 Å². The summed E-state index contributed by atoms with van der Waals surface area (Å²) in [6, 6.07) is 15.0. The van der Waals surface area contributed by atoms with E-state index in [-0.39, 0.29) is 11.1 Å². The number of hydrogen-bond donors (Lipinski definition) is 1. The molecule has 22 heavy (non-hydrogen) atoms. The van der Waals surface area contributed by atoms with Gasteiger partial charge in [0.15, 0.2) is 0 Å². The maximum Gasteiger partial charge on any atom is 0.256 e. The molecule has 0 unspecified atom stereocenters. The normalized spacial score (nSPS) is 10.4. The van der Waals surface area contributed by atoms with Crippen molar-refractivity contribution >= 4 is 28.5 Å². The summed E-state index contributed by atoms with van der Waals surface area (Å²) in [5, 5.41) is 14.7. The van der Waals surface area contributed by atoms with Crippen LogP contribution in [0.4, 0.5) is 5.69 Å². The number of amides is 1. The van der Waals surface area contributed by atoms with E-state index in [1.54, 1.807) is 36.5 Å². The molecule has 3 aromatic rings. The van der Waals surface area contributed by atoms with Crippen LogP contribution in [0.2, 0.25) is 0 Å². The van der Waals surface area contributed by atoms with Gasteiger partial charge in [-0.3, -0.25) is 9.78 Å². The predicted molar refractivity (Wildman–Crippen MR) is 80.5 cm³/mol. The van der Waals surface area contributed by atoms with Gasteiger partial charge in [-0.25, -0.2) is 0 Å². The molecule has 2 aromatic carbocycles. The van der Waals surface area contributed by atoms with E-state index in [1.165, 1.54) is 12.1 Å². The lowest BCUT2D eigenvalue weighted by molar-refractivity contribution is -0.255. The molecule has 1 aromatic heterocycles. The van der Waals surface area contributed by atoms with Crippen LogP contribution in [0.25, 0.3) is 10.9 Å². The molecule has 0 aliphatic heterocycles. The third-order valence-electron chi connectivity index (χ3n) is 3.27. The van der Waals surface area contributed by atoms with Crippen LogP contribution in [0.1, 0.15) is 20.7 Å². The summed E-state index contributed by atoms with van der Waals surface area (Å²) in [5.74, 6) is -1.90. The molecule has 0 aliphatic rings. The number of para-hydroxylation sites is 1. The Labute approximate surface area is 126 Å². The summed E-state index contributed by atoms with van der Waals surface area (Å²) >= 11 is 0. The van der Waals surface area contributed by atoms with Crippen LogP contribution < -0.4 is 10.4 Å². The second-order valence-corrected chi connectivity index (χ2v) is 4.67. The van der Waals surface area contributed by atoms with Crippen molar-refractivity contribution in [2.24, 2.45) is 0 Å². The van der Waals surface area contributed by atoms with Gasteiger partial charge in [-0.15, -0.1) is 0 Å². The Kier molecular flexibility index (Phi) is 3.53. The number of carbonyl (C=O) groups excluding carboxylic acids is 2. The van der Waals surface area contributed by atoms with Crippen molar-refractivity contribution in [1.29, 1.82) is 0 Å². The van der Waals surface area contributed by atoms with Gasteiger partial charge in [0.1, 0.15) is 0 Å². The quantitative estimate of drug-likeness (QED) is 0.798. The van der Waals surface area contributed by atoms with Crippen LogP contribution in [-0.2, 0) is 0 Å². The molecule has 1 heterocycles. The van der Waals surface area contributed by atoms with Crippen molar-refractivity contribution < 1.29 is 14.7 Å². The summed E-state index contributed by atoms with van der Waals surface area (Å²) in [7, 11) is 0. The third-order valence-corrected chi connectivity index (χ3v) is 3.27. The topological polar surface area (TPSA) is 82.1 Å². The second-order valence-electron chi connectivity index (χ2n) is 4.67. The summed E-state index contributed by atoms with van der Waals surface area (Å²) in [6.07, 6.45) is 1.63. The molecule has 5 nitrogen and oxygen atoms in total. The Hall–Kier alpha value is -3.21. The summed E-state index contributed by atoms with van der Waals surface area (Å²) in [4.78, 5) is 27.7. The van der Waals surface area contributed by atoms with E-state index in [9.17, 15) is 14.7 Å². The minimum absolute atomic E-state index is 0.0513. The minimum Gasteiger partial charge on any atom is -0.545 e. The number of carboxylic acid groups (broad SMARTS) is 1. The molecule has 0 spiro atoms. The van der Waals surface area contributed by atoms with Gasteiger partial charge in [0, 0.05) is 22.7 Å². The molecular weight excluding hydrogens is 280 g/mol. The van der Waals surface area contributed by atoms with E-state index < -0.39 is 11.9 Å². The van der Waals surface area contributed by atoms with E-state index in [0.717, 1.165) is 5.39 Å². The maximum absolute atomic E-state index is 12.4. The first-order valence-corrected chi connectivity index (χ1v) is 6.62. The van der Waals surface area contributed by atoms with Gasteiger partial charge in [0.25, 0.3) is 5.91 Å². The van der Waals surface area contributed by atoms with Crippen molar-refractivity contribution in [2.45, 2.75) is 0 Å². The van der Waals surface area contributed by atoms with Gasteiger partial charge in [0.2, 0.25) is 0 Å². The number of hydrogen-bond acceptors (Lipinski definition) is 4. The average molecular weight is 291 g/mol. The Morgan fingerprint density at radius 3 is 2.41 bits per heavy atom. The second kappa shape index (κ2) is 5.65. The lowest BCUT2D eigenvalue weighted by Gasteiger charge is -2.11. The fourth-order valence-electron chi connectivity index (χ4n) is 2.25. The number of aromatic nitrogens is 1. The maximum atomic E-state index is 12.4. The lowest BCUT2D eigenvalue weighted by atomic mass is 10.1. The molecule has 1 amide bonds. The molecule has 3 rings (SSSR count). The molecule has 5 heteroatoms. The van der Waals surface area contributed by atoms with Crippen molar-refractivity contribution in [3.8, 4) is 0 Å². The van der Waals surface area contributed by atoms with Crippen LogP contribution in [0.5, 0.6) is 0 Å². The zero-order valence-electron chi connectivity index (χ0n) is 11.4. The SMILES string of the molecule is O=C([O-])c1ccccc1C(=O)Nc1cccc2cccnc12. The Bertz CT molecular complexity index is 869. The van der Waals surface area contributed by atoms with Crippen LogP contribution in [0.15, 0.2) is 60.8 Å². The summed E-state index contributed by atoms with van der Waals surface area (Å²) in [6.45, 7) is 0. The van der Waals surface area contributed by atoms with E-state index >= 15 is 0 Å². The van der Waals surface area contributed by atoms with Crippen LogP contribution >= 0.6 is 0 Å². The summed E-state index contributed by atoms with van der Waals surface area (Å²) < 4.78 is 0. The van der Waals surface area contributed by atoms with Gasteiger partial charge in [0.05, 0.1) is 17.2 Å². The van der Waals surface area contributed by atoms with Crippen molar-refractivity contribution in [1.82, 2.24) is 4.98 Å². The fraction of sp³-hybridized carbons (Fsp3) is 0. The van der Waals surface area contributed by atoms with Crippen molar-refractivity contribution in [3.05, 3.63) is 71.9 Å². The Morgan fingerprint density at radius 1 is 0.909 bits per heavy atom. The summed E-state index contributed by atoms with van der Waals surface area (Å²) in [5.41, 5.74) is 1.07. The van der Waals surface area contributed by atoms with Crippen LogP contribution in [0.3, 0.4) is 0 Å². The van der Waals surface area contributed by atoms with Gasteiger partial charge >= 0.3 is 0 Å². The number of anilines is 1. The number of carbonyl (C=O) groups is 2. The van der Waals surface area contributed by atoms with E-state index in [1.807, 2.05) is 12.1 Å². The minimum atomic E-state index is -1.39. The van der Waals surface area contributed by atoms with Crippen molar-refractivity contribution in [3.63, 3.8) is 0 Å². The molecule has 0 bridgehead atoms. The Balaban J connectivity index is 1.99. The molecular formula is C17H11N2O3-. The predicted octanol–water partition coefficient (Wildman–Crippen LogP) is 1.85. The number of nitrogens with zero attached hydrogens (tertiary/aromatic N) is 1. The molecule has 0 radical (unpaired) electrons. The highest BCUT2D eigenvalue weighted by Crippen LogP contribution is 2.21. The van der Waals surface area contributed by atoms with Crippen LogP contribution in [0, 0.1) is 0 Å². The fourth-order valence-corrected chi connectivity index (χ4v) is 2.25. The van der Waals surface area contributed by atoms with Gasteiger partial charge < -0.3 is 15.2 Å². The Morgan fingerprint density at radius 2 is 1.64 bits per heavy atom. The highest BCUT2D eigenvalue weighted by molar-refractivity contribution is 6.12. The largest absolute Gasteiger partial charge is 0.545 e. The number of pyridine rings is 1. The molecule has 0 aliphatic carbocycles. The van der Waals surface area contributed by atoms with Gasteiger partial charge in [-0.1, -0.05) is 36.4 Å². The van der Waals surface area contributed by atoms with Crippen LogP contribution in [-0.4, -0.2) is 16.9 Å². The number of carboxylic acids is 1. The molecule has 0 saturated carbocycles. The average Bonchev–Trinajstić information content (AvgIpc) is 2.55. The molecule has 0 atom stereocenters. The number of aromatic carboxylic acids is 1. The van der Waals surface area contributed by atoms with E-state index in [4.69, 9.17) is 0 Å². The molecule has 0 fully saturated rings. The van der Waals surface area contributed by atoms with Crippen molar-refractivity contribution in [2.75, 3.05) is 5.32 Å². The third kappa shape index (κ3) is 2.52. The van der Waals surface area contributed by atoms with E-state index in [0.29, 0.717) is 11.2 Å². The van der Waals surface area contributed by atoms with E-state index in [2.05, 4.69) is 10.3 Å². The molecule has 108 valence electrons. The highest BCUT2D eigenvalue weighted by atomic mass is 16.4. The first-order valence-electron chi connectivity index (χ1n) is 6.62. The monoisotopic (exact) mass is 291 g/mol. The number of rotatable bonds is 3. The standard InChI is InChI=1S/C17H12N2O3/c20-16(12-7-1-2-8-13(12)17(21)22)19-14-9-3-5-11-6-4-10-18-15(11)14/h1-10H,(H,19,20)(H,21,22)/p-1. The zero-order chi connectivity index (χ0) is 15.5. The molecule has 1 N–H and O–H groups in total. The molecule has 0 saturated heterocycles.